The predicted molar refractivity (Wildman–Crippen MR) is 70.9 cm³/mol. The first-order valence-electron chi connectivity index (χ1n) is 5.86. The van der Waals surface area contributed by atoms with Gasteiger partial charge >= 0.3 is 0 Å². The first-order valence-corrected chi connectivity index (χ1v) is 5.86. The second-order valence-electron chi connectivity index (χ2n) is 4.32. The molecule has 4 heteroatoms. The summed E-state index contributed by atoms with van der Waals surface area (Å²) in [5.41, 5.74) is 1.67. The molecule has 0 radical (unpaired) electrons. The molecule has 0 saturated heterocycles. The van der Waals surface area contributed by atoms with Crippen molar-refractivity contribution in [1.29, 1.82) is 0 Å². The van der Waals surface area contributed by atoms with Crippen LogP contribution in [0.5, 0.6) is 5.75 Å². The predicted octanol–water partition coefficient (Wildman–Crippen LogP) is 2.50. The van der Waals surface area contributed by atoms with Crippen LogP contribution in [0.25, 0.3) is 11.3 Å². The van der Waals surface area contributed by atoms with Crippen molar-refractivity contribution >= 4 is 0 Å². The van der Waals surface area contributed by atoms with E-state index in [1.165, 1.54) is 4.68 Å². The van der Waals surface area contributed by atoms with Gasteiger partial charge in [0.15, 0.2) is 0 Å². The summed E-state index contributed by atoms with van der Waals surface area (Å²) in [6, 6.07) is 10.9. The lowest BCUT2D eigenvalue weighted by atomic mass is 10.1. The Morgan fingerprint density at radius 2 is 1.78 bits per heavy atom. The molecule has 0 aliphatic rings. The van der Waals surface area contributed by atoms with Gasteiger partial charge in [-0.05, 0) is 44.2 Å². The van der Waals surface area contributed by atoms with E-state index in [9.17, 15) is 4.79 Å². The minimum Gasteiger partial charge on any atom is -0.497 e. The third kappa shape index (κ3) is 2.42. The van der Waals surface area contributed by atoms with Crippen molar-refractivity contribution < 1.29 is 4.74 Å². The maximum atomic E-state index is 11.6. The fourth-order valence-electron chi connectivity index (χ4n) is 1.71. The van der Waals surface area contributed by atoms with Crippen LogP contribution in [0.15, 0.2) is 41.2 Å². The second kappa shape index (κ2) is 5.04. The standard InChI is InChI=1S/C14H16N2O2/c1-10(2)16-14(17)9-8-13(15-16)11-4-6-12(18-3)7-5-11/h4-10H,1-3H3. The first kappa shape index (κ1) is 12.4. The number of ether oxygens (including phenoxy) is 1. The van der Waals surface area contributed by atoms with Gasteiger partial charge in [0.1, 0.15) is 5.75 Å². The van der Waals surface area contributed by atoms with Gasteiger partial charge in [0.05, 0.1) is 18.8 Å². The summed E-state index contributed by atoms with van der Waals surface area (Å²) in [5, 5.41) is 4.36. The molecule has 0 aliphatic carbocycles. The highest BCUT2D eigenvalue weighted by Gasteiger charge is 2.05. The van der Waals surface area contributed by atoms with Crippen molar-refractivity contribution in [2.75, 3.05) is 7.11 Å². The van der Waals surface area contributed by atoms with Gasteiger partial charge in [0.25, 0.3) is 5.56 Å². The lowest BCUT2D eigenvalue weighted by Gasteiger charge is -2.10. The topological polar surface area (TPSA) is 44.1 Å². The van der Waals surface area contributed by atoms with Crippen molar-refractivity contribution in [3.05, 3.63) is 46.8 Å². The summed E-state index contributed by atoms with van der Waals surface area (Å²) >= 11 is 0. The molecule has 0 atom stereocenters. The molecule has 2 rings (SSSR count). The summed E-state index contributed by atoms with van der Waals surface area (Å²) in [4.78, 5) is 11.6. The molecule has 4 nitrogen and oxygen atoms in total. The third-order valence-electron chi connectivity index (χ3n) is 2.70. The molecule has 0 spiro atoms. The highest BCUT2D eigenvalue weighted by Crippen LogP contribution is 2.19. The fraction of sp³-hybridized carbons (Fsp3) is 0.286. The molecule has 0 aliphatic heterocycles. The Balaban J connectivity index is 2.44. The lowest BCUT2D eigenvalue weighted by Crippen LogP contribution is -2.23. The highest BCUT2D eigenvalue weighted by molar-refractivity contribution is 5.59. The van der Waals surface area contributed by atoms with Crippen LogP contribution < -0.4 is 10.3 Å². The normalized spacial score (nSPS) is 10.7. The van der Waals surface area contributed by atoms with Gasteiger partial charge in [-0.1, -0.05) is 0 Å². The maximum absolute atomic E-state index is 11.6. The van der Waals surface area contributed by atoms with Crippen molar-refractivity contribution in [2.24, 2.45) is 0 Å². The summed E-state index contributed by atoms with van der Waals surface area (Å²) in [6.07, 6.45) is 0. The zero-order valence-corrected chi connectivity index (χ0v) is 10.8. The van der Waals surface area contributed by atoms with Crippen molar-refractivity contribution in [3.8, 4) is 17.0 Å². The Kier molecular flexibility index (Phi) is 3.46. The molecule has 0 N–H and O–H groups in total. The van der Waals surface area contributed by atoms with Crippen LogP contribution in [0.3, 0.4) is 0 Å². The van der Waals surface area contributed by atoms with E-state index in [1.54, 1.807) is 19.2 Å². The van der Waals surface area contributed by atoms with E-state index in [0.29, 0.717) is 0 Å². The fourth-order valence-corrected chi connectivity index (χ4v) is 1.71. The second-order valence-corrected chi connectivity index (χ2v) is 4.32. The third-order valence-corrected chi connectivity index (χ3v) is 2.70. The van der Waals surface area contributed by atoms with Crippen LogP contribution in [-0.2, 0) is 0 Å². The smallest absolute Gasteiger partial charge is 0.267 e. The van der Waals surface area contributed by atoms with Crippen LogP contribution in [0.1, 0.15) is 19.9 Å². The molecule has 1 heterocycles. The van der Waals surface area contributed by atoms with Crippen LogP contribution in [0, 0.1) is 0 Å². The van der Waals surface area contributed by atoms with Crippen LogP contribution >= 0.6 is 0 Å². The average Bonchev–Trinajstić information content (AvgIpc) is 2.39. The molecule has 0 bridgehead atoms. The molecule has 0 fully saturated rings. The van der Waals surface area contributed by atoms with E-state index in [2.05, 4.69) is 5.10 Å². The van der Waals surface area contributed by atoms with Crippen molar-refractivity contribution in [2.45, 2.75) is 19.9 Å². The number of nitrogens with zero attached hydrogens (tertiary/aromatic N) is 2. The number of methoxy groups -OCH3 is 1. The van der Waals surface area contributed by atoms with Crippen molar-refractivity contribution in [1.82, 2.24) is 9.78 Å². The molecule has 18 heavy (non-hydrogen) atoms. The molecule has 1 aromatic carbocycles. The van der Waals surface area contributed by atoms with Gasteiger partial charge in [-0.15, -0.1) is 0 Å². The summed E-state index contributed by atoms with van der Waals surface area (Å²) in [6.45, 7) is 3.87. The van der Waals surface area contributed by atoms with E-state index in [1.807, 2.05) is 38.1 Å². The molecular formula is C14H16N2O2. The monoisotopic (exact) mass is 244 g/mol. The van der Waals surface area contributed by atoms with E-state index in [4.69, 9.17) is 4.74 Å². The highest BCUT2D eigenvalue weighted by atomic mass is 16.5. The van der Waals surface area contributed by atoms with Gasteiger partial charge < -0.3 is 4.74 Å². The van der Waals surface area contributed by atoms with E-state index >= 15 is 0 Å². The van der Waals surface area contributed by atoms with E-state index in [0.717, 1.165) is 17.0 Å². The number of hydrogen-bond donors (Lipinski definition) is 0. The summed E-state index contributed by atoms with van der Waals surface area (Å²) in [7, 11) is 1.63. The minimum atomic E-state index is -0.0812. The Hall–Kier alpha value is -2.10. The Morgan fingerprint density at radius 1 is 1.11 bits per heavy atom. The average molecular weight is 244 g/mol. The molecule has 0 amide bonds. The lowest BCUT2D eigenvalue weighted by molar-refractivity contribution is 0.415. The van der Waals surface area contributed by atoms with Crippen LogP contribution in [0.4, 0.5) is 0 Å². The van der Waals surface area contributed by atoms with Crippen LogP contribution in [0.2, 0.25) is 0 Å². The van der Waals surface area contributed by atoms with Gasteiger partial charge in [0, 0.05) is 11.6 Å². The molecule has 0 unspecified atom stereocenters. The Bertz CT molecular complexity index is 585. The molecule has 2 aromatic rings. The SMILES string of the molecule is COc1ccc(-c2ccc(=O)n(C(C)C)n2)cc1. The molecule has 1 aromatic heterocycles. The largest absolute Gasteiger partial charge is 0.497 e. The van der Waals surface area contributed by atoms with Gasteiger partial charge in [-0.2, -0.15) is 5.10 Å². The maximum Gasteiger partial charge on any atom is 0.267 e. The molecule has 94 valence electrons. The molecular weight excluding hydrogens is 228 g/mol. The van der Waals surface area contributed by atoms with Gasteiger partial charge in [0.2, 0.25) is 0 Å². The van der Waals surface area contributed by atoms with Gasteiger partial charge in [-0.25, -0.2) is 4.68 Å². The van der Waals surface area contributed by atoms with Crippen LogP contribution in [-0.4, -0.2) is 16.9 Å². The van der Waals surface area contributed by atoms with E-state index < -0.39 is 0 Å². The number of rotatable bonds is 3. The number of benzene rings is 1. The van der Waals surface area contributed by atoms with Crippen molar-refractivity contribution in [3.63, 3.8) is 0 Å². The zero-order valence-electron chi connectivity index (χ0n) is 10.8. The molecule has 0 saturated carbocycles. The summed E-state index contributed by atoms with van der Waals surface area (Å²) < 4.78 is 6.60. The Labute approximate surface area is 106 Å². The first-order chi connectivity index (χ1) is 8.61. The number of aromatic nitrogens is 2. The zero-order chi connectivity index (χ0) is 13.1. The number of hydrogen-bond acceptors (Lipinski definition) is 3. The quantitative estimate of drug-likeness (QED) is 0.833. The Morgan fingerprint density at radius 3 is 2.33 bits per heavy atom. The van der Waals surface area contributed by atoms with Gasteiger partial charge in [-0.3, -0.25) is 4.79 Å². The summed E-state index contributed by atoms with van der Waals surface area (Å²) in [5.74, 6) is 0.802. The van der Waals surface area contributed by atoms with E-state index in [-0.39, 0.29) is 11.6 Å². The minimum absolute atomic E-state index is 0.0516.